The molecule has 1 spiro atoms. The quantitative estimate of drug-likeness (QED) is 0.634. The second-order valence-corrected chi connectivity index (χ2v) is 9.98. The molecule has 4 amide bonds. The molecule has 37 heavy (non-hydrogen) atoms. The number of piperidine rings is 1. The van der Waals surface area contributed by atoms with Crippen LogP contribution in [0.1, 0.15) is 30.1 Å². The topological polar surface area (TPSA) is 84.5 Å². The molecule has 3 aliphatic rings. The van der Waals surface area contributed by atoms with Crippen molar-refractivity contribution in [3.8, 4) is 0 Å². The summed E-state index contributed by atoms with van der Waals surface area (Å²) in [6.07, 6.45) is 1.00. The summed E-state index contributed by atoms with van der Waals surface area (Å²) < 4.78 is 0. The van der Waals surface area contributed by atoms with Crippen molar-refractivity contribution in [2.45, 2.75) is 25.3 Å². The number of carbonyl (C=O) groups is 4. The van der Waals surface area contributed by atoms with Crippen LogP contribution in [0.3, 0.4) is 0 Å². The number of benzene rings is 2. The van der Waals surface area contributed by atoms with Crippen molar-refractivity contribution in [1.29, 1.82) is 0 Å². The molecule has 0 aromatic heterocycles. The summed E-state index contributed by atoms with van der Waals surface area (Å²) in [6.45, 7) is 4.80. The van der Waals surface area contributed by atoms with Crippen molar-refractivity contribution < 1.29 is 19.2 Å². The predicted octanol–water partition coefficient (Wildman–Crippen LogP) is 1.66. The van der Waals surface area contributed by atoms with Crippen LogP contribution in [-0.2, 0) is 14.4 Å². The third kappa shape index (κ3) is 4.77. The Morgan fingerprint density at radius 1 is 0.757 bits per heavy atom. The number of hydrogen-bond donors (Lipinski definition) is 0. The molecule has 194 valence electrons. The van der Waals surface area contributed by atoms with Crippen molar-refractivity contribution >= 4 is 29.3 Å². The Hall–Kier alpha value is -3.88. The van der Waals surface area contributed by atoms with Gasteiger partial charge in [0.05, 0.1) is 6.67 Å². The fourth-order valence-corrected chi connectivity index (χ4v) is 5.70. The zero-order valence-electron chi connectivity index (χ0n) is 21.2. The average molecular weight is 504 g/mol. The number of anilines is 1. The fraction of sp³-hybridized carbons (Fsp3) is 0.429. The van der Waals surface area contributed by atoms with Crippen LogP contribution >= 0.6 is 0 Å². The van der Waals surface area contributed by atoms with E-state index in [2.05, 4.69) is 4.90 Å². The second-order valence-electron chi connectivity index (χ2n) is 9.98. The summed E-state index contributed by atoms with van der Waals surface area (Å²) >= 11 is 0. The number of amides is 4. The van der Waals surface area contributed by atoms with Crippen LogP contribution in [0.15, 0.2) is 60.7 Å². The van der Waals surface area contributed by atoms with E-state index in [9.17, 15) is 19.2 Å². The zero-order valence-corrected chi connectivity index (χ0v) is 21.2. The number of piperazine rings is 1. The van der Waals surface area contributed by atoms with Crippen LogP contribution in [0.4, 0.5) is 5.69 Å². The molecule has 5 rings (SSSR count). The van der Waals surface area contributed by atoms with Gasteiger partial charge in [0.25, 0.3) is 11.8 Å². The summed E-state index contributed by atoms with van der Waals surface area (Å²) in [5.41, 5.74) is 0.791. The molecule has 3 fully saturated rings. The summed E-state index contributed by atoms with van der Waals surface area (Å²) in [5, 5.41) is 0. The number of hydrogen-bond acceptors (Lipinski definition) is 5. The lowest BCUT2D eigenvalue weighted by molar-refractivity contribution is -0.143. The minimum Gasteiger partial charge on any atom is -0.339 e. The largest absolute Gasteiger partial charge is 0.339 e. The summed E-state index contributed by atoms with van der Waals surface area (Å²) in [7, 11) is 0. The molecular formula is C28H33N5O4. The van der Waals surface area contributed by atoms with E-state index in [0.717, 1.165) is 5.69 Å². The Morgan fingerprint density at radius 3 is 1.92 bits per heavy atom. The number of carbonyl (C=O) groups excluding carboxylic acids is 4. The lowest BCUT2D eigenvalue weighted by atomic mass is 9.85. The van der Waals surface area contributed by atoms with Gasteiger partial charge in [-0.2, -0.15) is 0 Å². The smallest absolute Gasteiger partial charge is 0.253 e. The van der Waals surface area contributed by atoms with Crippen LogP contribution in [-0.4, -0.2) is 101 Å². The van der Waals surface area contributed by atoms with E-state index in [0.29, 0.717) is 64.3 Å². The molecule has 0 radical (unpaired) electrons. The van der Waals surface area contributed by atoms with E-state index in [-0.39, 0.29) is 30.2 Å². The lowest BCUT2D eigenvalue weighted by Crippen LogP contribution is -2.57. The van der Waals surface area contributed by atoms with Gasteiger partial charge < -0.3 is 24.5 Å². The van der Waals surface area contributed by atoms with Gasteiger partial charge in [0.1, 0.15) is 12.1 Å². The van der Waals surface area contributed by atoms with Crippen LogP contribution in [0.25, 0.3) is 0 Å². The normalized spacial score (nSPS) is 19.5. The van der Waals surface area contributed by atoms with Crippen LogP contribution in [0.2, 0.25) is 0 Å². The van der Waals surface area contributed by atoms with E-state index in [4.69, 9.17) is 0 Å². The second kappa shape index (κ2) is 10.2. The van der Waals surface area contributed by atoms with E-state index >= 15 is 0 Å². The van der Waals surface area contributed by atoms with Crippen molar-refractivity contribution in [3.63, 3.8) is 0 Å². The van der Waals surface area contributed by atoms with Gasteiger partial charge in [0, 0.05) is 57.4 Å². The Morgan fingerprint density at radius 2 is 1.32 bits per heavy atom. The number of likely N-dealkylation sites (tertiary alicyclic amines) is 1. The minimum atomic E-state index is -0.789. The fourth-order valence-electron chi connectivity index (χ4n) is 5.70. The standard InChI is InChI=1S/C28H33N5O4/c1-22(34)29-16-18-30(19-17-29)25(35)20-32-21-33(24-10-6-3-7-11-24)28(27(32)37)12-14-31(15-13-28)26(36)23-8-4-2-5-9-23/h2-11H,12-21H2,1H3. The monoisotopic (exact) mass is 503 g/mol. The number of para-hydroxylation sites is 1. The molecule has 2 aromatic carbocycles. The highest BCUT2D eigenvalue weighted by molar-refractivity contribution is 5.97. The van der Waals surface area contributed by atoms with Gasteiger partial charge in [-0.1, -0.05) is 36.4 Å². The molecule has 0 saturated carbocycles. The van der Waals surface area contributed by atoms with Crippen molar-refractivity contribution in [2.24, 2.45) is 0 Å². The van der Waals surface area contributed by atoms with Gasteiger partial charge >= 0.3 is 0 Å². The predicted molar refractivity (Wildman–Crippen MR) is 139 cm³/mol. The minimum absolute atomic E-state index is 0.0106. The van der Waals surface area contributed by atoms with Crippen LogP contribution in [0, 0.1) is 0 Å². The molecule has 3 aliphatic heterocycles. The molecule has 3 saturated heterocycles. The third-order valence-electron chi connectivity index (χ3n) is 7.88. The van der Waals surface area contributed by atoms with Gasteiger partial charge in [-0.15, -0.1) is 0 Å². The molecule has 9 nitrogen and oxygen atoms in total. The first kappa shape index (κ1) is 24.8. The molecule has 0 unspecified atom stereocenters. The summed E-state index contributed by atoms with van der Waals surface area (Å²) in [4.78, 5) is 60.8. The third-order valence-corrected chi connectivity index (χ3v) is 7.88. The maximum Gasteiger partial charge on any atom is 0.253 e. The van der Waals surface area contributed by atoms with Gasteiger partial charge in [-0.25, -0.2) is 0 Å². The zero-order chi connectivity index (χ0) is 26.0. The Bertz CT molecular complexity index is 1160. The summed E-state index contributed by atoms with van der Waals surface area (Å²) in [5.74, 6) is -0.166. The highest BCUT2D eigenvalue weighted by atomic mass is 16.2. The van der Waals surface area contributed by atoms with E-state index in [1.165, 1.54) is 6.92 Å². The lowest BCUT2D eigenvalue weighted by Gasteiger charge is -2.43. The van der Waals surface area contributed by atoms with E-state index in [1.54, 1.807) is 14.7 Å². The van der Waals surface area contributed by atoms with E-state index in [1.807, 2.05) is 65.6 Å². The van der Waals surface area contributed by atoms with E-state index < -0.39 is 5.54 Å². The van der Waals surface area contributed by atoms with Gasteiger partial charge in [-0.05, 0) is 37.1 Å². The van der Waals surface area contributed by atoms with Gasteiger partial charge in [0.2, 0.25) is 11.8 Å². The SMILES string of the molecule is CC(=O)N1CCN(C(=O)CN2CN(c3ccccc3)C3(CCN(C(=O)c4ccccc4)CC3)C2=O)CC1. The first-order valence-corrected chi connectivity index (χ1v) is 12.9. The van der Waals surface area contributed by atoms with Crippen LogP contribution in [0.5, 0.6) is 0 Å². The molecule has 0 aliphatic carbocycles. The molecule has 0 bridgehead atoms. The van der Waals surface area contributed by atoms with Crippen molar-refractivity contribution in [1.82, 2.24) is 19.6 Å². The Balaban J connectivity index is 1.31. The molecule has 0 atom stereocenters. The van der Waals surface area contributed by atoms with Crippen molar-refractivity contribution in [3.05, 3.63) is 66.2 Å². The van der Waals surface area contributed by atoms with Gasteiger partial charge in [0.15, 0.2) is 0 Å². The maximum absolute atomic E-state index is 13.9. The van der Waals surface area contributed by atoms with Crippen LogP contribution < -0.4 is 4.90 Å². The summed E-state index contributed by atoms with van der Waals surface area (Å²) in [6, 6.07) is 19.0. The van der Waals surface area contributed by atoms with Crippen molar-refractivity contribution in [2.75, 3.05) is 57.4 Å². The molecular weight excluding hydrogens is 470 g/mol. The molecule has 0 N–H and O–H groups in total. The molecule has 2 aromatic rings. The number of nitrogens with zero attached hydrogens (tertiary/aromatic N) is 5. The highest BCUT2D eigenvalue weighted by Gasteiger charge is 2.54. The Kier molecular flexibility index (Phi) is 6.86. The maximum atomic E-state index is 13.9. The Labute approximate surface area is 217 Å². The number of rotatable bonds is 4. The first-order valence-electron chi connectivity index (χ1n) is 12.9. The molecule has 9 heteroatoms. The molecule has 3 heterocycles. The highest BCUT2D eigenvalue weighted by Crippen LogP contribution is 2.39. The average Bonchev–Trinajstić information content (AvgIpc) is 3.20. The first-order chi connectivity index (χ1) is 17.9. The van der Waals surface area contributed by atoms with Gasteiger partial charge in [-0.3, -0.25) is 19.2 Å².